The van der Waals surface area contributed by atoms with Crippen molar-refractivity contribution in [1.82, 2.24) is 15.1 Å². The first kappa shape index (κ1) is 17.2. The third-order valence-electron chi connectivity index (χ3n) is 3.34. The standard InChI is InChI=1S/C17H20ClN3O2/c1-12(2)9-10-19-16(22)11-21-17(23)8-7-15(20-21)13-3-5-14(18)6-4-13/h3-8,12H,9-11H2,1-2H3,(H,19,22). The average molecular weight is 334 g/mol. The minimum absolute atomic E-state index is 0.0850. The molecule has 0 saturated heterocycles. The van der Waals surface area contributed by atoms with Gasteiger partial charge >= 0.3 is 0 Å². The SMILES string of the molecule is CC(C)CCNC(=O)Cn1nc(-c2ccc(Cl)cc2)ccc1=O. The van der Waals surface area contributed by atoms with E-state index in [2.05, 4.69) is 24.3 Å². The summed E-state index contributed by atoms with van der Waals surface area (Å²) in [5.41, 5.74) is 1.15. The lowest BCUT2D eigenvalue weighted by Gasteiger charge is -2.09. The van der Waals surface area contributed by atoms with Gasteiger partial charge in [-0.1, -0.05) is 37.6 Å². The van der Waals surface area contributed by atoms with E-state index in [0.29, 0.717) is 23.2 Å². The number of hydrogen-bond acceptors (Lipinski definition) is 3. The summed E-state index contributed by atoms with van der Waals surface area (Å²) in [6.07, 6.45) is 0.902. The number of amides is 1. The fourth-order valence-electron chi connectivity index (χ4n) is 2.03. The number of hydrogen-bond donors (Lipinski definition) is 1. The minimum atomic E-state index is -0.304. The Hall–Kier alpha value is -2.14. The number of nitrogens with one attached hydrogen (secondary N) is 1. The molecule has 2 aromatic rings. The van der Waals surface area contributed by atoms with Crippen LogP contribution in [0.15, 0.2) is 41.2 Å². The molecule has 0 spiro atoms. The molecule has 1 aromatic heterocycles. The number of benzene rings is 1. The summed E-state index contributed by atoms with van der Waals surface area (Å²) in [5, 5.41) is 7.69. The van der Waals surface area contributed by atoms with E-state index < -0.39 is 0 Å². The van der Waals surface area contributed by atoms with Crippen LogP contribution in [0.2, 0.25) is 5.02 Å². The van der Waals surface area contributed by atoms with Gasteiger partial charge < -0.3 is 5.32 Å². The number of aromatic nitrogens is 2. The first-order chi connectivity index (χ1) is 11.0. The summed E-state index contributed by atoms with van der Waals surface area (Å²) in [4.78, 5) is 23.8. The average Bonchev–Trinajstić information content (AvgIpc) is 2.50. The van der Waals surface area contributed by atoms with Crippen molar-refractivity contribution in [2.75, 3.05) is 6.54 Å². The van der Waals surface area contributed by atoms with Crippen LogP contribution in [0.1, 0.15) is 20.3 Å². The van der Waals surface area contributed by atoms with Gasteiger partial charge in [0.2, 0.25) is 5.91 Å². The van der Waals surface area contributed by atoms with Crippen molar-refractivity contribution >= 4 is 17.5 Å². The largest absolute Gasteiger partial charge is 0.354 e. The van der Waals surface area contributed by atoms with Crippen LogP contribution >= 0.6 is 11.6 Å². The Bertz CT molecular complexity index is 723. The molecule has 0 saturated carbocycles. The lowest BCUT2D eigenvalue weighted by Crippen LogP contribution is -2.34. The van der Waals surface area contributed by atoms with E-state index in [9.17, 15) is 9.59 Å². The molecule has 122 valence electrons. The summed E-state index contributed by atoms with van der Waals surface area (Å²) in [6.45, 7) is 4.70. The highest BCUT2D eigenvalue weighted by molar-refractivity contribution is 6.30. The van der Waals surface area contributed by atoms with Crippen molar-refractivity contribution in [3.8, 4) is 11.3 Å². The molecule has 5 nitrogen and oxygen atoms in total. The molecular formula is C17H20ClN3O2. The molecule has 6 heteroatoms. The minimum Gasteiger partial charge on any atom is -0.354 e. The van der Waals surface area contributed by atoms with E-state index in [1.165, 1.54) is 10.7 Å². The summed E-state index contributed by atoms with van der Waals surface area (Å²) in [5.74, 6) is 0.304. The van der Waals surface area contributed by atoms with E-state index in [1.54, 1.807) is 18.2 Å². The quantitative estimate of drug-likeness (QED) is 0.884. The predicted octanol–water partition coefficient (Wildman–Crippen LogP) is 2.73. The second kappa shape index (κ2) is 7.92. The zero-order valence-corrected chi connectivity index (χ0v) is 14.0. The van der Waals surface area contributed by atoms with Crippen molar-refractivity contribution in [3.05, 3.63) is 51.8 Å². The molecule has 23 heavy (non-hydrogen) atoms. The summed E-state index contributed by atoms with van der Waals surface area (Å²) < 4.78 is 1.18. The maximum absolute atomic E-state index is 11.9. The Balaban J connectivity index is 2.10. The zero-order valence-electron chi connectivity index (χ0n) is 13.3. The van der Waals surface area contributed by atoms with Gasteiger partial charge in [0.1, 0.15) is 6.54 Å². The van der Waals surface area contributed by atoms with Gasteiger partial charge in [-0.3, -0.25) is 9.59 Å². The molecule has 0 bridgehead atoms. The van der Waals surface area contributed by atoms with Gasteiger partial charge in [0.15, 0.2) is 0 Å². The number of carbonyl (C=O) groups excluding carboxylic acids is 1. The van der Waals surface area contributed by atoms with Gasteiger partial charge in [0.25, 0.3) is 5.56 Å². The number of halogens is 1. The molecule has 0 radical (unpaired) electrons. The van der Waals surface area contributed by atoms with E-state index in [4.69, 9.17) is 11.6 Å². The van der Waals surface area contributed by atoms with Crippen LogP contribution in [0.4, 0.5) is 0 Å². The Morgan fingerprint density at radius 3 is 2.57 bits per heavy atom. The second-order valence-corrected chi connectivity index (χ2v) is 6.19. The Morgan fingerprint density at radius 2 is 1.91 bits per heavy atom. The molecule has 0 unspecified atom stereocenters. The van der Waals surface area contributed by atoms with Crippen molar-refractivity contribution in [1.29, 1.82) is 0 Å². The number of carbonyl (C=O) groups is 1. The maximum Gasteiger partial charge on any atom is 0.267 e. The maximum atomic E-state index is 11.9. The molecule has 1 amide bonds. The summed E-state index contributed by atoms with van der Waals surface area (Å²) >= 11 is 5.87. The first-order valence-corrected chi connectivity index (χ1v) is 7.94. The van der Waals surface area contributed by atoms with Crippen LogP contribution in [-0.2, 0) is 11.3 Å². The summed E-state index contributed by atoms with van der Waals surface area (Å²) in [7, 11) is 0. The van der Waals surface area contributed by atoms with Crippen LogP contribution in [0, 0.1) is 5.92 Å². The lowest BCUT2D eigenvalue weighted by molar-refractivity contribution is -0.121. The van der Waals surface area contributed by atoms with E-state index in [1.807, 2.05) is 12.1 Å². The molecule has 1 N–H and O–H groups in total. The fourth-order valence-corrected chi connectivity index (χ4v) is 2.15. The zero-order chi connectivity index (χ0) is 16.8. The highest BCUT2D eigenvalue weighted by atomic mass is 35.5. The van der Waals surface area contributed by atoms with E-state index >= 15 is 0 Å². The molecule has 0 aliphatic rings. The van der Waals surface area contributed by atoms with E-state index in [0.717, 1.165) is 12.0 Å². The fraction of sp³-hybridized carbons (Fsp3) is 0.353. The van der Waals surface area contributed by atoms with Gasteiger partial charge in [0.05, 0.1) is 5.69 Å². The van der Waals surface area contributed by atoms with Gasteiger partial charge in [0, 0.05) is 23.2 Å². The van der Waals surface area contributed by atoms with Gasteiger partial charge in [-0.2, -0.15) is 5.10 Å². The smallest absolute Gasteiger partial charge is 0.267 e. The van der Waals surface area contributed by atoms with Gasteiger partial charge in [-0.05, 0) is 30.5 Å². The monoisotopic (exact) mass is 333 g/mol. The molecule has 0 atom stereocenters. The van der Waals surface area contributed by atoms with Crippen LogP contribution < -0.4 is 10.9 Å². The molecule has 0 aliphatic carbocycles. The van der Waals surface area contributed by atoms with Crippen molar-refractivity contribution in [3.63, 3.8) is 0 Å². The van der Waals surface area contributed by atoms with Crippen LogP contribution in [0.5, 0.6) is 0 Å². The van der Waals surface area contributed by atoms with E-state index in [-0.39, 0.29) is 18.0 Å². The third kappa shape index (κ3) is 5.21. The second-order valence-electron chi connectivity index (χ2n) is 5.75. The van der Waals surface area contributed by atoms with Crippen molar-refractivity contribution in [2.24, 2.45) is 5.92 Å². The third-order valence-corrected chi connectivity index (χ3v) is 3.60. The molecule has 0 aliphatic heterocycles. The topological polar surface area (TPSA) is 64.0 Å². The number of nitrogens with zero attached hydrogens (tertiary/aromatic N) is 2. The van der Waals surface area contributed by atoms with Crippen LogP contribution in [-0.4, -0.2) is 22.2 Å². The molecule has 2 rings (SSSR count). The Kier molecular flexibility index (Phi) is 5.93. The lowest BCUT2D eigenvalue weighted by atomic mass is 10.1. The van der Waals surface area contributed by atoms with Crippen LogP contribution in [0.3, 0.4) is 0 Å². The van der Waals surface area contributed by atoms with Crippen molar-refractivity contribution < 1.29 is 4.79 Å². The van der Waals surface area contributed by atoms with Gasteiger partial charge in [-0.25, -0.2) is 4.68 Å². The predicted molar refractivity (Wildman–Crippen MR) is 91.4 cm³/mol. The highest BCUT2D eigenvalue weighted by Gasteiger charge is 2.08. The van der Waals surface area contributed by atoms with Gasteiger partial charge in [-0.15, -0.1) is 0 Å². The summed E-state index contributed by atoms with van der Waals surface area (Å²) in [6, 6.07) is 10.2. The van der Waals surface area contributed by atoms with Crippen LogP contribution in [0.25, 0.3) is 11.3 Å². The molecule has 1 heterocycles. The number of rotatable bonds is 6. The normalized spacial score (nSPS) is 10.8. The molecular weight excluding hydrogens is 314 g/mol. The Labute approximate surface area is 140 Å². The molecule has 0 fully saturated rings. The highest BCUT2D eigenvalue weighted by Crippen LogP contribution is 2.18. The Morgan fingerprint density at radius 1 is 1.22 bits per heavy atom. The van der Waals surface area contributed by atoms with Crippen molar-refractivity contribution in [2.45, 2.75) is 26.8 Å². The molecule has 1 aromatic carbocycles. The first-order valence-electron chi connectivity index (χ1n) is 7.56.